The van der Waals surface area contributed by atoms with Crippen molar-refractivity contribution in [3.63, 3.8) is 0 Å². The van der Waals surface area contributed by atoms with Crippen molar-refractivity contribution < 1.29 is 68.1 Å². The van der Waals surface area contributed by atoms with Gasteiger partial charge in [0.25, 0.3) is 0 Å². The summed E-state index contributed by atoms with van der Waals surface area (Å²) in [6.45, 7) is 6.98. The Bertz CT molecular complexity index is 2150. The van der Waals surface area contributed by atoms with Gasteiger partial charge in [-0.1, -0.05) is 39.8 Å². The number of nitrogens with two attached hydrogens (primary N) is 5. The molecule has 1 heterocycles. The molecule has 20 N–H and O–H groups in total. The van der Waals surface area contributed by atoms with E-state index in [4.69, 9.17) is 28.7 Å². The van der Waals surface area contributed by atoms with Crippen molar-refractivity contribution in [3.8, 4) is 5.75 Å². The SMILES string of the molecule is CC(C)[C@H](NC(=O)CNC(=O)[C@@H]1CCCN1C(=O)[C@@H](NC(=O)[C@@H](NC(=O)[C@@H](N)CC(N)=O)[C@@H](C)O)C(C)C)C(=O)N[C@@H](CCCN=C(N)N)C(=O)N[C@@H](CC(N)=O)C(=O)N[C@@H](Cc1ccc(O)cc1)C(=O)O. The molecule has 1 aromatic carbocycles. The standard InChI is InChI=1S/C44H70N14O14/c1-20(2)33(40(68)52-26(8-6-14-50-44(48)49)37(65)53-27(18-31(47)62)38(66)54-28(43(71)72)16-23-10-12-24(60)13-11-23)55-32(63)19-51-39(67)29-9-7-15-58(29)42(70)34(21(3)4)56-41(69)35(22(5)59)57-36(64)25(45)17-30(46)61/h10-13,20-22,25-29,33-35,59-60H,6-9,14-19,45H2,1-5H3,(H2,46,61)(H2,47,62)(H,51,67)(H,52,68)(H,53,65)(H,54,66)(H,55,63)(H,56,69)(H,57,64)(H,71,72)(H4,48,49,50)/t22-,25+,26+,27+,28+,29+,33+,34+,35+/m1/s1. The van der Waals surface area contributed by atoms with Crippen LogP contribution in [-0.4, -0.2) is 165 Å². The number of aliphatic hydroxyl groups excluding tert-OH is 1. The Morgan fingerprint density at radius 3 is 1.78 bits per heavy atom. The van der Waals surface area contributed by atoms with Crippen molar-refractivity contribution in [2.75, 3.05) is 19.6 Å². The number of nitrogens with one attached hydrogen (secondary N) is 7. The summed E-state index contributed by atoms with van der Waals surface area (Å²) in [5, 5.41) is 46.6. The summed E-state index contributed by atoms with van der Waals surface area (Å²) in [4.78, 5) is 148. The van der Waals surface area contributed by atoms with Gasteiger partial charge >= 0.3 is 5.97 Å². The lowest BCUT2D eigenvalue weighted by Gasteiger charge is -2.32. The second-order valence-corrected chi connectivity index (χ2v) is 17.9. The quantitative estimate of drug-likeness (QED) is 0.0202. The van der Waals surface area contributed by atoms with Gasteiger partial charge in [-0.2, -0.15) is 0 Å². The maximum absolute atomic E-state index is 13.9. The van der Waals surface area contributed by atoms with Gasteiger partial charge in [0.15, 0.2) is 5.96 Å². The van der Waals surface area contributed by atoms with Crippen molar-refractivity contribution in [1.82, 2.24) is 42.1 Å². The van der Waals surface area contributed by atoms with E-state index in [0.717, 1.165) is 0 Å². The zero-order chi connectivity index (χ0) is 54.6. The number of carboxylic acid groups (broad SMARTS) is 1. The summed E-state index contributed by atoms with van der Waals surface area (Å²) in [5.74, 6) is -12.1. The van der Waals surface area contributed by atoms with Gasteiger partial charge in [0.05, 0.1) is 31.5 Å². The largest absolute Gasteiger partial charge is 0.508 e. The van der Waals surface area contributed by atoms with Gasteiger partial charge in [-0.3, -0.25) is 52.9 Å². The lowest BCUT2D eigenvalue weighted by Crippen LogP contribution is -2.61. The number of aliphatic imine (C=N–C) groups is 1. The molecule has 2 rings (SSSR count). The predicted octanol–water partition coefficient (Wildman–Crippen LogP) is -6.14. The average Bonchev–Trinajstić information content (AvgIpc) is 3.78. The number of aromatic hydroxyl groups is 1. The highest BCUT2D eigenvalue weighted by Gasteiger charge is 2.41. The van der Waals surface area contributed by atoms with Crippen LogP contribution in [0.4, 0.5) is 0 Å². The second-order valence-electron chi connectivity index (χ2n) is 17.9. The summed E-state index contributed by atoms with van der Waals surface area (Å²) in [5.41, 5.74) is 27.4. The van der Waals surface area contributed by atoms with E-state index < -0.39 is 151 Å². The minimum Gasteiger partial charge on any atom is -0.508 e. The number of aliphatic carboxylic acids is 1. The molecule has 72 heavy (non-hydrogen) atoms. The third kappa shape index (κ3) is 20.0. The molecular formula is C44H70N14O14. The van der Waals surface area contributed by atoms with E-state index >= 15 is 0 Å². The number of amides is 10. The zero-order valence-corrected chi connectivity index (χ0v) is 40.8. The molecule has 10 amide bonds. The average molecular weight is 1020 g/mol. The minimum absolute atomic E-state index is 0.00888. The highest BCUT2D eigenvalue weighted by Crippen LogP contribution is 2.21. The number of phenols is 1. The zero-order valence-electron chi connectivity index (χ0n) is 40.8. The number of carbonyl (C=O) groups is 11. The Balaban J connectivity index is 2.20. The van der Waals surface area contributed by atoms with Gasteiger partial charge in [-0.05, 0) is 62.1 Å². The molecule has 1 aromatic rings. The van der Waals surface area contributed by atoms with Crippen molar-refractivity contribution in [2.45, 2.75) is 134 Å². The van der Waals surface area contributed by atoms with Gasteiger partial charge in [0.2, 0.25) is 59.1 Å². The Morgan fingerprint density at radius 1 is 0.694 bits per heavy atom. The van der Waals surface area contributed by atoms with Crippen LogP contribution in [0.3, 0.4) is 0 Å². The van der Waals surface area contributed by atoms with Crippen molar-refractivity contribution in [3.05, 3.63) is 29.8 Å². The van der Waals surface area contributed by atoms with E-state index in [9.17, 15) is 68.1 Å². The third-order valence-electron chi connectivity index (χ3n) is 11.2. The number of hydrogen-bond acceptors (Lipinski definition) is 15. The number of likely N-dealkylation sites (tertiary alicyclic amines) is 1. The number of carbonyl (C=O) groups excluding carboxylic acids is 10. The first-order valence-electron chi connectivity index (χ1n) is 23.1. The lowest BCUT2D eigenvalue weighted by atomic mass is 10.0. The van der Waals surface area contributed by atoms with Crippen LogP contribution >= 0.6 is 0 Å². The highest BCUT2D eigenvalue weighted by atomic mass is 16.4. The third-order valence-corrected chi connectivity index (χ3v) is 11.2. The number of phenolic OH excluding ortho intramolecular Hbond substituents is 1. The molecule has 0 bridgehead atoms. The molecule has 1 fully saturated rings. The number of primary amides is 2. The summed E-state index contributed by atoms with van der Waals surface area (Å²) >= 11 is 0. The van der Waals surface area contributed by atoms with Crippen LogP contribution in [-0.2, 0) is 59.2 Å². The topological polar surface area (TPSA) is 478 Å². The first-order valence-corrected chi connectivity index (χ1v) is 23.1. The fourth-order valence-corrected chi connectivity index (χ4v) is 7.31. The fraction of sp³-hybridized carbons (Fsp3) is 0.591. The first kappa shape index (κ1) is 60.5. The molecule has 400 valence electrons. The van der Waals surface area contributed by atoms with Gasteiger partial charge in [0, 0.05) is 19.5 Å². The Morgan fingerprint density at radius 2 is 1.24 bits per heavy atom. The smallest absolute Gasteiger partial charge is 0.326 e. The minimum atomic E-state index is -1.72. The van der Waals surface area contributed by atoms with E-state index in [1.54, 1.807) is 27.7 Å². The lowest BCUT2D eigenvalue weighted by molar-refractivity contribution is -0.143. The molecule has 9 atom stereocenters. The molecule has 1 aliphatic rings. The van der Waals surface area contributed by atoms with Crippen LogP contribution in [0.25, 0.3) is 0 Å². The molecule has 0 aliphatic carbocycles. The Hall–Kier alpha value is -7.62. The van der Waals surface area contributed by atoms with Crippen LogP contribution < -0.4 is 65.9 Å². The van der Waals surface area contributed by atoms with Gasteiger partial charge in [0.1, 0.15) is 48.0 Å². The molecule has 0 radical (unpaired) electrons. The molecule has 0 aromatic heterocycles. The summed E-state index contributed by atoms with van der Waals surface area (Å²) < 4.78 is 0. The molecule has 0 saturated carbocycles. The normalized spacial score (nSPS) is 16.5. The van der Waals surface area contributed by atoms with E-state index in [0.29, 0.717) is 12.0 Å². The fourth-order valence-electron chi connectivity index (χ4n) is 7.31. The molecule has 0 spiro atoms. The van der Waals surface area contributed by atoms with Crippen LogP contribution in [0, 0.1) is 11.8 Å². The monoisotopic (exact) mass is 1020 g/mol. The van der Waals surface area contributed by atoms with Crippen molar-refractivity contribution in [2.24, 2.45) is 45.5 Å². The highest BCUT2D eigenvalue weighted by molar-refractivity contribution is 5.99. The number of benzene rings is 1. The second kappa shape index (κ2) is 28.9. The van der Waals surface area contributed by atoms with Gasteiger partial charge < -0.3 is 86.1 Å². The van der Waals surface area contributed by atoms with E-state index in [1.165, 1.54) is 36.1 Å². The first-order chi connectivity index (χ1) is 33.6. The summed E-state index contributed by atoms with van der Waals surface area (Å²) in [7, 11) is 0. The van der Waals surface area contributed by atoms with E-state index in [2.05, 4.69) is 42.2 Å². The number of carboxylic acids is 1. The van der Waals surface area contributed by atoms with Gasteiger partial charge in [-0.25, -0.2) is 4.79 Å². The van der Waals surface area contributed by atoms with Crippen LogP contribution in [0.15, 0.2) is 29.3 Å². The summed E-state index contributed by atoms with van der Waals surface area (Å²) in [6, 6.07) is -5.95. The maximum Gasteiger partial charge on any atom is 0.326 e. The number of guanidine groups is 1. The molecule has 28 nitrogen and oxygen atoms in total. The van der Waals surface area contributed by atoms with Crippen LogP contribution in [0.2, 0.25) is 0 Å². The molecular weight excluding hydrogens is 949 g/mol. The maximum atomic E-state index is 13.9. The number of aliphatic hydroxyl groups is 1. The Kier molecular flexibility index (Phi) is 24.3. The van der Waals surface area contributed by atoms with Crippen LogP contribution in [0.5, 0.6) is 5.75 Å². The number of hydrogen-bond donors (Lipinski definition) is 15. The van der Waals surface area contributed by atoms with Crippen molar-refractivity contribution in [1.29, 1.82) is 0 Å². The Labute approximate surface area is 415 Å². The van der Waals surface area contributed by atoms with Crippen molar-refractivity contribution >= 4 is 71.0 Å². The van der Waals surface area contributed by atoms with E-state index in [-0.39, 0.29) is 50.5 Å². The predicted molar refractivity (Wildman–Crippen MR) is 256 cm³/mol. The number of rotatable bonds is 29. The van der Waals surface area contributed by atoms with E-state index in [1.807, 2.05) is 0 Å². The molecule has 0 unspecified atom stereocenters. The molecule has 1 aliphatic heterocycles. The summed E-state index contributed by atoms with van der Waals surface area (Å²) in [6.07, 6.45) is -2.57. The number of nitrogens with zero attached hydrogens (tertiary/aromatic N) is 2. The molecule has 1 saturated heterocycles. The van der Waals surface area contributed by atoms with Gasteiger partial charge in [-0.15, -0.1) is 0 Å². The molecule has 28 heteroatoms. The van der Waals surface area contributed by atoms with Crippen LogP contribution in [0.1, 0.15) is 78.7 Å².